The van der Waals surface area contributed by atoms with Crippen LogP contribution in [0.4, 0.5) is 5.00 Å². The number of anilines is 1. The molecule has 190 valence electrons. The largest absolute Gasteiger partial charge is 0.423 e. The highest BCUT2D eigenvalue weighted by Gasteiger charge is 2.26. The summed E-state index contributed by atoms with van der Waals surface area (Å²) in [6, 6.07) is 8.20. The van der Waals surface area contributed by atoms with Crippen molar-refractivity contribution in [2.45, 2.75) is 46.7 Å². The molecule has 0 bridgehead atoms. The van der Waals surface area contributed by atoms with E-state index in [-0.39, 0.29) is 37.8 Å². The zero-order chi connectivity index (χ0) is 26.9. The van der Waals surface area contributed by atoms with Crippen LogP contribution in [0.15, 0.2) is 30.3 Å². The third-order valence-corrected chi connectivity index (χ3v) is 7.19. The summed E-state index contributed by atoms with van der Waals surface area (Å²) in [5.41, 5.74) is 6.48. The molecule has 2 aromatic carbocycles. The van der Waals surface area contributed by atoms with Gasteiger partial charge in [-0.3, -0.25) is 19.2 Å². The zero-order valence-corrected chi connectivity index (χ0v) is 22.7. The molecule has 0 fully saturated rings. The van der Waals surface area contributed by atoms with Crippen molar-refractivity contribution in [2.75, 3.05) is 5.32 Å². The minimum Gasteiger partial charge on any atom is -0.423 e. The van der Waals surface area contributed by atoms with Gasteiger partial charge in [0.2, 0.25) is 5.91 Å². The van der Waals surface area contributed by atoms with Gasteiger partial charge in [-0.1, -0.05) is 35.3 Å². The zero-order valence-electron chi connectivity index (χ0n) is 20.3. The second-order valence-corrected chi connectivity index (χ2v) is 10.9. The van der Waals surface area contributed by atoms with Gasteiger partial charge in [0.05, 0.1) is 15.3 Å². The van der Waals surface area contributed by atoms with Crippen LogP contribution in [0, 0.1) is 0 Å². The average molecular weight is 550 g/mol. The van der Waals surface area contributed by atoms with E-state index in [1.54, 1.807) is 29.2 Å². The van der Waals surface area contributed by atoms with Crippen molar-refractivity contribution in [3.05, 3.63) is 57.1 Å². The van der Waals surface area contributed by atoms with E-state index in [1.165, 1.54) is 19.9 Å². The molecule has 0 aliphatic rings. The summed E-state index contributed by atoms with van der Waals surface area (Å²) in [7, 11) is 0. The van der Waals surface area contributed by atoms with E-state index in [2.05, 4.69) is 5.32 Å². The summed E-state index contributed by atoms with van der Waals surface area (Å²) in [5, 5.41) is 3.27. The average Bonchev–Trinajstić information content (AvgIpc) is 3.12. The molecule has 0 unspecified atom stereocenters. The van der Waals surface area contributed by atoms with Gasteiger partial charge in [-0.2, -0.15) is 0 Å². The van der Waals surface area contributed by atoms with E-state index < -0.39 is 17.8 Å². The number of carbonyl (C=O) groups is 4. The van der Waals surface area contributed by atoms with Crippen molar-refractivity contribution in [3.63, 3.8) is 0 Å². The lowest BCUT2D eigenvalue weighted by Gasteiger charge is -2.35. The van der Waals surface area contributed by atoms with E-state index in [9.17, 15) is 19.2 Å². The van der Waals surface area contributed by atoms with Gasteiger partial charge in [0.1, 0.15) is 10.0 Å². The topological polar surface area (TPSA) is 119 Å². The van der Waals surface area contributed by atoms with Crippen LogP contribution in [0.2, 0.25) is 10.0 Å². The molecule has 3 amide bonds. The molecule has 1 aromatic heterocycles. The second-order valence-electron chi connectivity index (χ2n) is 9.07. The maximum Gasteiger partial charge on any atom is 0.308 e. The Morgan fingerprint density at radius 2 is 1.69 bits per heavy atom. The van der Waals surface area contributed by atoms with E-state index >= 15 is 0 Å². The number of rotatable bonds is 6. The predicted octanol–water partition coefficient (Wildman–Crippen LogP) is 5.63. The SMILES string of the molecule is CC(=O)Oc1c(Cl)cc2c(C(N)=O)c(NC(=O)c3ccc(CN(C(C)=O)C(C)(C)C)cc3)sc2c1Cl. The van der Waals surface area contributed by atoms with Gasteiger partial charge in [0.25, 0.3) is 11.8 Å². The Hall–Kier alpha value is -3.14. The highest BCUT2D eigenvalue weighted by atomic mass is 35.5. The third-order valence-electron chi connectivity index (χ3n) is 5.30. The van der Waals surface area contributed by atoms with Gasteiger partial charge < -0.3 is 20.7 Å². The van der Waals surface area contributed by atoms with E-state index in [0.29, 0.717) is 22.2 Å². The lowest BCUT2D eigenvalue weighted by molar-refractivity contribution is -0.134. The van der Waals surface area contributed by atoms with Crippen molar-refractivity contribution in [2.24, 2.45) is 5.73 Å². The van der Waals surface area contributed by atoms with Crippen LogP contribution in [-0.2, 0) is 16.1 Å². The van der Waals surface area contributed by atoms with Gasteiger partial charge in [-0.15, -0.1) is 11.3 Å². The number of nitrogens with zero attached hydrogens (tertiary/aromatic N) is 1. The Balaban J connectivity index is 1.92. The minimum absolute atomic E-state index is 0.0197. The van der Waals surface area contributed by atoms with Crippen LogP contribution in [0.5, 0.6) is 5.75 Å². The Labute approximate surface area is 222 Å². The lowest BCUT2D eigenvalue weighted by atomic mass is 10.0. The number of amides is 3. The van der Waals surface area contributed by atoms with Gasteiger partial charge >= 0.3 is 5.97 Å². The molecule has 3 rings (SSSR count). The second kappa shape index (κ2) is 10.5. The summed E-state index contributed by atoms with van der Waals surface area (Å²) in [4.78, 5) is 50.4. The summed E-state index contributed by atoms with van der Waals surface area (Å²) in [6.07, 6.45) is 0. The Bertz CT molecular complexity index is 1380. The van der Waals surface area contributed by atoms with Crippen LogP contribution >= 0.6 is 34.5 Å². The molecule has 0 atom stereocenters. The molecule has 1 heterocycles. The first-order chi connectivity index (χ1) is 16.7. The summed E-state index contributed by atoms with van der Waals surface area (Å²) in [6.45, 7) is 8.97. The van der Waals surface area contributed by atoms with Crippen molar-refractivity contribution in [1.29, 1.82) is 0 Å². The van der Waals surface area contributed by atoms with Gasteiger partial charge in [0.15, 0.2) is 5.75 Å². The highest BCUT2D eigenvalue weighted by molar-refractivity contribution is 7.24. The number of primary amides is 1. The van der Waals surface area contributed by atoms with Gasteiger partial charge in [-0.05, 0) is 44.5 Å². The van der Waals surface area contributed by atoms with Crippen LogP contribution in [0.25, 0.3) is 10.1 Å². The highest BCUT2D eigenvalue weighted by Crippen LogP contribution is 2.46. The third kappa shape index (κ3) is 5.80. The van der Waals surface area contributed by atoms with E-state index in [1.807, 2.05) is 20.8 Å². The van der Waals surface area contributed by atoms with Crippen molar-refractivity contribution < 1.29 is 23.9 Å². The molecule has 0 radical (unpaired) electrons. The van der Waals surface area contributed by atoms with Gasteiger partial charge in [-0.25, -0.2) is 0 Å². The number of esters is 1. The molecule has 3 N–H and O–H groups in total. The number of thiophene rings is 1. The standard InChI is InChI=1S/C25H25Cl2N3O5S/c1-12(31)30(25(3,4)5)11-14-6-8-15(9-7-14)23(34)29-24-18(22(28)33)16-10-17(26)20(35-13(2)32)19(27)21(16)36-24/h6-10H,11H2,1-5H3,(H2,28,33)(H,29,34). The number of benzene rings is 2. The number of ether oxygens (including phenoxy) is 1. The number of fused-ring (bicyclic) bond motifs is 1. The van der Waals surface area contributed by atoms with E-state index in [4.69, 9.17) is 33.7 Å². The Kier molecular flexibility index (Phi) is 7.97. The quantitative estimate of drug-likeness (QED) is 0.305. The Morgan fingerprint density at radius 1 is 1.08 bits per heavy atom. The molecule has 0 spiro atoms. The smallest absolute Gasteiger partial charge is 0.308 e. The molecular weight excluding hydrogens is 525 g/mol. The predicted molar refractivity (Wildman–Crippen MR) is 142 cm³/mol. The molecule has 3 aromatic rings. The first kappa shape index (κ1) is 27.4. The molecule has 11 heteroatoms. The molecule has 8 nitrogen and oxygen atoms in total. The first-order valence-corrected chi connectivity index (χ1v) is 12.4. The number of halogens is 2. The fraction of sp³-hybridized carbons (Fsp3) is 0.280. The van der Waals surface area contributed by atoms with Crippen LogP contribution in [0.3, 0.4) is 0 Å². The number of hydrogen-bond donors (Lipinski definition) is 2. The molecule has 0 aliphatic carbocycles. The summed E-state index contributed by atoms with van der Waals surface area (Å²) in [5.74, 6) is -1.97. The Morgan fingerprint density at radius 3 is 2.19 bits per heavy atom. The number of nitrogens with two attached hydrogens (primary N) is 1. The van der Waals surface area contributed by atoms with Crippen molar-refractivity contribution >= 4 is 73.3 Å². The lowest BCUT2D eigenvalue weighted by Crippen LogP contribution is -2.43. The minimum atomic E-state index is -0.786. The summed E-state index contributed by atoms with van der Waals surface area (Å²) < 4.78 is 5.47. The first-order valence-electron chi connectivity index (χ1n) is 10.8. The maximum atomic E-state index is 13.0. The normalized spacial score (nSPS) is 11.3. The van der Waals surface area contributed by atoms with Crippen LogP contribution in [0.1, 0.15) is 60.9 Å². The van der Waals surface area contributed by atoms with E-state index in [0.717, 1.165) is 16.9 Å². The fourth-order valence-electron chi connectivity index (χ4n) is 3.66. The van der Waals surface area contributed by atoms with Crippen molar-refractivity contribution in [1.82, 2.24) is 4.90 Å². The number of hydrogen-bond acceptors (Lipinski definition) is 6. The fourth-order valence-corrected chi connectivity index (χ4v) is 5.42. The molecule has 0 aliphatic heterocycles. The molecular formula is C25H25Cl2N3O5S. The molecule has 0 saturated heterocycles. The number of carbonyl (C=O) groups excluding carboxylic acids is 4. The monoisotopic (exact) mass is 549 g/mol. The van der Waals surface area contributed by atoms with Crippen molar-refractivity contribution in [3.8, 4) is 5.75 Å². The molecule has 0 saturated carbocycles. The maximum absolute atomic E-state index is 13.0. The number of nitrogens with one attached hydrogen (secondary N) is 1. The van der Waals surface area contributed by atoms with Crippen LogP contribution in [-0.4, -0.2) is 34.1 Å². The van der Waals surface area contributed by atoms with Gasteiger partial charge in [0, 0.05) is 36.9 Å². The van der Waals surface area contributed by atoms with Crippen LogP contribution < -0.4 is 15.8 Å². The molecule has 36 heavy (non-hydrogen) atoms. The summed E-state index contributed by atoms with van der Waals surface area (Å²) >= 11 is 13.6.